The molecule has 0 radical (unpaired) electrons. The van der Waals surface area contributed by atoms with Gasteiger partial charge in [-0.1, -0.05) is 13.8 Å². The third-order valence-electron chi connectivity index (χ3n) is 3.36. The highest BCUT2D eigenvalue weighted by atomic mass is 16.5. The van der Waals surface area contributed by atoms with E-state index >= 15 is 0 Å². The maximum atomic E-state index is 9.68. The Bertz CT molecular complexity index is 396. The minimum absolute atomic E-state index is 0.329. The van der Waals surface area contributed by atoms with E-state index in [-0.39, 0.29) is 6.10 Å². The van der Waals surface area contributed by atoms with Gasteiger partial charge in [-0.25, -0.2) is 0 Å². The monoisotopic (exact) mass is 295 g/mol. The van der Waals surface area contributed by atoms with Crippen LogP contribution in [0.25, 0.3) is 0 Å². The lowest BCUT2D eigenvalue weighted by Gasteiger charge is -2.25. The molecule has 1 rings (SSSR count). The van der Waals surface area contributed by atoms with Gasteiger partial charge in [0.25, 0.3) is 0 Å². The SMILES string of the molecule is COc1cc(CN(CCC(C)C)C[C@H](C)O)cc(OC)c1. The number of hydrogen-bond donors (Lipinski definition) is 1. The molecule has 0 aliphatic carbocycles. The van der Waals surface area contributed by atoms with Gasteiger partial charge in [0.2, 0.25) is 0 Å². The predicted molar refractivity (Wildman–Crippen MR) is 86.0 cm³/mol. The highest BCUT2D eigenvalue weighted by Crippen LogP contribution is 2.23. The van der Waals surface area contributed by atoms with Crippen LogP contribution >= 0.6 is 0 Å². The van der Waals surface area contributed by atoms with Crippen LogP contribution < -0.4 is 9.47 Å². The van der Waals surface area contributed by atoms with Gasteiger partial charge in [0, 0.05) is 19.2 Å². The average Bonchev–Trinajstić information content (AvgIpc) is 2.43. The van der Waals surface area contributed by atoms with Gasteiger partial charge in [-0.2, -0.15) is 0 Å². The van der Waals surface area contributed by atoms with E-state index in [1.54, 1.807) is 14.2 Å². The Labute approximate surface area is 128 Å². The number of aliphatic hydroxyl groups is 1. The Morgan fingerprint density at radius 3 is 2.05 bits per heavy atom. The number of benzene rings is 1. The zero-order valence-corrected chi connectivity index (χ0v) is 13.9. The molecular formula is C17H29NO3. The molecule has 1 aromatic carbocycles. The van der Waals surface area contributed by atoms with Gasteiger partial charge in [-0.3, -0.25) is 4.90 Å². The summed E-state index contributed by atoms with van der Waals surface area (Å²) < 4.78 is 10.6. The number of rotatable bonds is 9. The van der Waals surface area contributed by atoms with Crippen LogP contribution in [0.2, 0.25) is 0 Å². The molecule has 0 aliphatic heterocycles. The molecule has 0 fully saturated rings. The molecule has 0 aromatic heterocycles. The topological polar surface area (TPSA) is 41.9 Å². The molecule has 0 heterocycles. The summed E-state index contributed by atoms with van der Waals surface area (Å²) in [7, 11) is 3.32. The molecule has 0 saturated carbocycles. The van der Waals surface area contributed by atoms with E-state index in [4.69, 9.17) is 9.47 Å². The van der Waals surface area contributed by atoms with Gasteiger partial charge < -0.3 is 14.6 Å². The first kappa shape index (κ1) is 17.8. The molecule has 1 atom stereocenters. The summed E-state index contributed by atoms with van der Waals surface area (Å²) in [5.74, 6) is 2.25. The second kappa shape index (κ2) is 8.90. The van der Waals surface area contributed by atoms with E-state index in [2.05, 4.69) is 18.7 Å². The van der Waals surface area contributed by atoms with Crippen molar-refractivity contribution >= 4 is 0 Å². The fraction of sp³-hybridized carbons (Fsp3) is 0.647. The molecular weight excluding hydrogens is 266 g/mol. The highest BCUT2D eigenvalue weighted by molar-refractivity contribution is 5.38. The van der Waals surface area contributed by atoms with Crippen molar-refractivity contribution in [3.63, 3.8) is 0 Å². The van der Waals surface area contributed by atoms with Crippen molar-refractivity contribution in [1.29, 1.82) is 0 Å². The van der Waals surface area contributed by atoms with Crippen LogP contribution in [0.1, 0.15) is 32.8 Å². The van der Waals surface area contributed by atoms with Crippen molar-refractivity contribution < 1.29 is 14.6 Å². The van der Waals surface area contributed by atoms with Gasteiger partial charge in [0.15, 0.2) is 0 Å². The molecule has 120 valence electrons. The number of ether oxygens (including phenoxy) is 2. The van der Waals surface area contributed by atoms with E-state index < -0.39 is 0 Å². The summed E-state index contributed by atoms with van der Waals surface area (Å²) in [5.41, 5.74) is 1.13. The number of aliphatic hydroxyl groups excluding tert-OH is 1. The second-order valence-corrected chi connectivity index (χ2v) is 5.99. The van der Waals surface area contributed by atoms with Gasteiger partial charge in [0.05, 0.1) is 20.3 Å². The zero-order valence-electron chi connectivity index (χ0n) is 13.9. The van der Waals surface area contributed by atoms with E-state index in [0.717, 1.165) is 36.6 Å². The molecule has 21 heavy (non-hydrogen) atoms. The molecule has 4 nitrogen and oxygen atoms in total. The molecule has 1 N–H and O–H groups in total. The Balaban J connectivity index is 2.80. The van der Waals surface area contributed by atoms with Crippen LogP contribution in [-0.2, 0) is 6.54 Å². The fourth-order valence-electron chi connectivity index (χ4n) is 2.27. The van der Waals surface area contributed by atoms with Gasteiger partial charge >= 0.3 is 0 Å². The third kappa shape index (κ3) is 6.82. The highest BCUT2D eigenvalue weighted by Gasteiger charge is 2.11. The Morgan fingerprint density at radius 2 is 1.62 bits per heavy atom. The minimum atomic E-state index is -0.329. The fourth-order valence-corrected chi connectivity index (χ4v) is 2.27. The van der Waals surface area contributed by atoms with Crippen LogP contribution in [0.5, 0.6) is 11.5 Å². The summed E-state index contributed by atoms with van der Waals surface area (Å²) in [6.07, 6.45) is 0.790. The van der Waals surface area contributed by atoms with Crippen molar-refractivity contribution in [3.05, 3.63) is 23.8 Å². The molecule has 0 unspecified atom stereocenters. The summed E-state index contributed by atoms with van der Waals surface area (Å²) in [4.78, 5) is 2.28. The lowest BCUT2D eigenvalue weighted by Crippen LogP contribution is -2.32. The maximum absolute atomic E-state index is 9.68. The van der Waals surface area contributed by atoms with Gasteiger partial charge in [0.1, 0.15) is 11.5 Å². The number of hydrogen-bond acceptors (Lipinski definition) is 4. The maximum Gasteiger partial charge on any atom is 0.122 e. The van der Waals surface area contributed by atoms with Crippen molar-refractivity contribution in [2.75, 3.05) is 27.3 Å². The lowest BCUT2D eigenvalue weighted by atomic mass is 10.1. The lowest BCUT2D eigenvalue weighted by molar-refractivity contribution is 0.119. The van der Waals surface area contributed by atoms with E-state index in [1.165, 1.54) is 0 Å². The van der Waals surface area contributed by atoms with Crippen LogP contribution in [0.15, 0.2) is 18.2 Å². The zero-order chi connectivity index (χ0) is 15.8. The van der Waals surface area contributed by atoms with Crippen LogP contribution in [-0.4, -0.2) is 43.4 Å². The number of nitrogens with zero attached hydrogens (tertiary/aromatic N) is 1. The van der Waals surface area contributed by atoms with Crippen LogP contribution in [0, 0.1) is 5.92 Å². The first-order valence-electron chi connectivity index (χ1n) is 7.57. The summed E-state index contributed by atoms with van der Waals surface area (Å²) in [6.45, 7) is 8.69. The average molecular weight is 295 g/mol. The number of methoxy groups -OCH3 is 2. The Morgan fingerprint density at radius 1 is 1.05 bits per heavy atom. The first-order chi connectivity index (χ1) is 9.94. The second-order valence-electron chi connectivity index (χ2n) is 5.99. The van der Waals surface area contributed by atoms with Crippen molar-refractivity contribution in [2.24, 2.45) is 5.92 Å². The van der Waals surface area contributed by atoms with E-state index in [0.29, 0.717) is 12.5 Å². The van der Waals surface area contributed by atoms with Crippen molar-refractivity contribution in [1.82, 2.24) is 4.90 Å². The largest absolute Gasteiger partial charge is 0.497 e. The standard InChI is InChI=1S/C17H29NO3/c1-13(2)6-7-18(11-14(3)19)12-15-8-16(20-4)10-17(9-15)21-5/h8-10,13-14,19H,6-7,11-12H2,1-5H3/t14-/m0/s1. The quantitative estimate of drug-likeness (QED) is 0.760. The molecule has 0 bridgehead atoms. The minimum Gasteiger partial charge on any atom is -0.497 e. The predicted octanol–water partition coefficient (Wildman–Crippen LogP) is 2.93. The van der Waals surface area contributed by atoms with E-state index in [1.807, 2.05) is 25.1 Å². The molecule has 0 amide bonds. The normalized spacial score (nSPS) is 12.8. The Kier molecular flexibility index (Phi) is 7.54. The van der Waals surface area contributed by atoms with Crippen LogP contribution in [0.4, 0.5) is 0 Å². The molecule has 4 heteroatoms. The van der Waals surface area contributed by atoms with Crippen molar-refractivity contribution in [2.45, 2.75) is 39.8 Å². The van der Waals surface area contributed by atoms with Gasteiger partial charge in [-0.15, -0.1) is 0 Å². The molecule has 0 spiro atoms. The van der Waals surface area contributed by atoms with Gasteiger partial charge in [-0.05, 0) is 43.5 Å². The van der Waals surface area contributed by atoms with Crippen LogP contribution in [0.3, 0.4) is 0 Å². The molecule has 1 aromatic rings. The molecule has 0 saturated heterocycles. The van der Waals surface area contributed by atoms with Crippen molar-refractivity contribution in [3.8, 4) is 11.5 Å². The first-order valence-corrected chi connectivity index (χ1v) is 7.57. The smallest absolute Gasteiger partial charge is 0.122 e. The molecule has 0 aliphatic rings. The Hall–Kier alpha value is -1.26. The summed E-state index contributed by atoms with van der Waals surface area (Å²) in [6, 6.07) is 5.91. The summed E-state index contributed by atoms with van der Waals surface area (Å²) >= 11 is 0. The third-order valence-corrected chi connectivity index (χ3v) is 3.36. The van der Waals surface area contributed by atoms with E-state index in [9.17, 15) is 5.11 Å². The summed E-state index contributed by atoms with van der Waals surface area (Å²) in [5, 5.41) is 9.68.